The summed E-state index contributed by atoms with van der Waals surface area (Å²) < 4.78 is 75.8. The van der Waals surface area contributed by atoms with E-state index in [4.69, 9.17) is 5.11 Å². The molecule has 128 valence electrons. The first-order valence-corrected chi connectivity index (χ1v) is 6.20. The van der Waals surface area contributed by atoms with Crippen LogP contribution in [0.5, 0.6) is 0 Å². The minimum Gasteiger partial charge on any atom is -0.481 e. The van der Waals surface area contributed by atoms with Gasteiger partial charge in [0.25, 0.3) is 5.91 Å². The van der Waals surface area contributed by atoms with Crippen molar-refractivity contribution in [3.63, 3.8) is 0 Å². The number of alkyl halides is 6. The van der Waals surface area contributed by atoms with Crippen LogP contribution in [0, 0.1) is 0 Å². The number of amides is 1. The summed E-state index contributed by atoms with van der Waals surface area (Å²) in [5.74, 6) is -2.29. The average molecular weight is 343 g/mol. The van der Waals surface area contributed by atoms with Gasteiger partial charge < -0.3 is 10.4 Å². The molecular formula is C13H11F6NO3. The molecule has 0 radical (unpaired) electrons. The third-order valence-corrected chi connectivity index (χ3v) is 2.70. The van der Waals surface area contributed by atoms with Gasteiger partial charge in [0.2, 0.25) is 0 Å². The largest absolute Gasteiger partial charge is 0.481 e. The zero-order valence-electron chi connectivity index (χ0n) is 11.4. The van der Waals surface area contributed by atoms with Crippen LogP contribution in [0.3, 0.4) is 0 Å². The molecule has 0 aliphatic heterocycles. The molecule has 4 nitrogen and oxygen atoms in total. The number of carboxylic acids is 1. The Morgan fingerprint density at radius 2 is 1.43 bits per heavy atom. The molecule has 1 aromatic rings. The summed E-state index contributed by atoms with van der Waals surface area (Å²) in [4.78, 5) is 21.9. The van der Waals surface area contributed by atoms with Crippen LogP contribution in [0.1, 0.15) is 34.3 Å². The van der Waals surface area contributed by atoms with E-state index in [2.05, 4.69) is 5.32 Å². The fraction of sp³-hybridized carbons (Fsp3) is 0.385. The highest BCUT2D eigenvalue weighted by Gasteiger charge is 2.37. The summed E-state index contributed by atoms with van der Waals surface area (Å²) in [6.07, 6.45) is -10.4. The molecule has 0 aromatic heterocycles. The normalized spacial score (nSPS) is 12.1. The number of nitrogens with one attached hydrogen (secondary N) is 1. The fourth-order valence-corrected chi connectivity index (χ4v) is 1.63. The molecule has 0 bridgehead atoms. The Morgan fingerprint density at radius 3 is 1.83 bits per heavy atom. The van der Waals surface area contributed by atoms with Crippen molar-refractivity contribution in [2.45, 2.75) is 25.2 Å². The topological polar surface area (TPSA) is 66.4 Å². The number of benzene rings is 1. The summed E-state index contributed by atoms with van der Waals surface area (Å²) in [6.45, 7) is -0.192. The number of carboxylic acid groups (broad SMARTS) is 1. The Kier molecular flexibility index (Phi) is 5.62. The summed E-state index contributed by atoms with van der Waals surface area (Å²) in [5.41, 5.74) is -3.99. The maximum Gasteiger partial charge on any atom is 0.416 e. The Hall–Kier alpha value is -2.26. The smallest absolute Gasteiger partial charge is 0.416 e. The van der Waals surface area contributed by atoms with Gasteiger partial charge in [0.05, 0.1) is 11.1 Å². The number of carbonyl (C=O) groups excluding carboxylic acids is 1. The molecule has 10 heteroatoms. The highest BCUT2D eigenvalue weighted by atomic mass is 19.4. The van der Waals surface area contributed by atoms with Crippen LogP contribution < -0.4 is 5.32 Å². The van der Waals surface area contributed by atoms with Crippen molar-refractivity contribution in [1.29, 1.82) is 0 Å². The summed E-state index contributed by atoms with van der Waals surface area (Å²) in [5, 5.41) is 10.5. The minimum absolute atomic E-state index is 0.00777. The number of halogens is 6. The second-order valence-corrected chi connectivity index (χ2v) is 4.55. The predicted octanol–water partition coefficient (Wildman–Crippen LogP) is 3.32. The Morgan fingerprint density at radius 1 is 0.957 bits per heavy atom. The molecule has 0 saturated carbocycles. The molecule has 2 N–H and O–H groups in total. The van der Waals surface area contributed by atoms with Crippen molar-refractivity contribution in [2.75, 3.05) is 6.54 Å². The maximum atomic E-state index is 12.6. The van der Waals surface area contributed by atoms with Gasteiger partial charge in [-0.3, -0.25) is 9.59 Å². The molecule has 0 spiro atoms. The van der Waals surface area contributed by atoms with Gasteiger partial charge in [0, 0.05) is 18.5 Å². The van der Waals surface area contributed by atoms with E-state index in [9.17, 15) is 35.9 Å². The molecular weight excluding hydrogens is 332 g/mol. The Labute approximate surface area is 126 Å². The van der Waals surface area contributed by atoms with Crippen LogP contribution in [0.15, 0.2) is 18.2 Å². The number of carbonyl (C=O) groups is 2. The third kappa shape index (κ3) is 5.80. The standard InChI is InChI=1S/C13H11F6NO3/c14-12(15,16)8-4-7(5-9(6-8)13(17,18)19)11(23)20-3-1-2-10(21)22/h4-6H,1-3H2,(H,20,23)(H,21,22). The molecule has 1 aromatic carbocycles. The Balaban J connectivity index is 3.01. The Bertz CT molecular complexity index is 562. The van der Waals surface area contributed by atoms with E-state index < -0.39 is 40.9 Å². The van der Waals surface area contributed by atoms with E-state index in [0.29, 0.717) is 12.1 Å². The molecule has 1 rings (SSSR count). The zero-order chi connectivity index (χ0) is 17.8. The number of hydrogen-bond acceptors (Lipinski definition) is 2. The lowest BCUT2D eigenvalue weighted by Crippen LogP contribution is -2.26. The maximum absolute atomic E-state index is 12.6. The highest BCUT2D eigenvalue weighted by Crippen LogP contribution is 2.36. The second-order valence-electron chi connectivity index (χ2n) is 4.55. The molecule has 0 fully saturated rings. The van der Waals surface area contributed by atoms with Crippen LogP contribution in [-0.4, -0.2) is 23.5 Å². The molecule has 23 heavy (non-hydrogen) atoms. The first-order valence-electron chi connectivity index (χ1n) is 6.20. The highest BCUT2D eigenvalue weighted by molar-refractivity contribution is 5.94. The molecule has 0 aliphatic rings. The van der Waals surface area contributed by atoms with Gasteiger partial charge in [-0.2, -0.15) is 26.3 Å². The van der Waals surface area contributed by atoms with Crippen LogP contribution in [0.25, 0.3) is 0 Å². The van der Waals surface area contributed by atoms with Crippen molar-refractivity contribution in [3.8, 4) is 0 Å². The lowest BCUT2D eigenvalue weighted by atomic mass is 10.0. The second kappa shape index (κ2) is 6.88. The summed E-state index contributed by atoms with van der Waals surface area (Å²) in [7, 11) is 0. The first kappa shape index (κ1) is 18.8. The molecule has 1 amide bonds. The van der Waals surface area contributed by atoms with E-state index >= 15 is 0 Å². The average Bonchev–Trinajstić information content (AvgIpc) is 2.40. The van der Waals surface area contributed by atoms with E-state index in [0.717, 1.165) is 0 Å². The van der Waals surface area contributed by atoms with Crippen molar-refractivity contribution in [3.05, 3.63) is 34.9 Å². The van der Waals surface area contributed by atoms with Crippen molar-refractivity contribution < 1.29 is 41.0 Å². The van der Waals surface area contributed by atoms with Crippen molar-refractivity contribution in [1.82, 2.24) is 5.32 Å². The van der Waals surface area contributed by atoms with Crippen molar-refractivity contribution >= 4 is 11.9 Å². The van der Waals surface area contributed by atoms with Gasteiger partial charge in [-0.15, -0.1) is 0 Å². The van der Waals surface area contributed by atoms with Gasteiger partial charge >= 0.3 is 18.3 Å². The van der Waals surface area contributed by atoms with Crippen molar-refractivity contribution in [2.24, 2.45) is 0 Å². The summed E-state index contributed by atoms with van der Waals surface area (Å²) >= 11 is 0. The molecule has 0 unspecified atom stereocenters. The fourth-order valence-electron chi connectivity index (χ4n) is 1.63. The number of rotatable bonds is 5. The van der Waals surface area contributed by atoms with E-state index in [1.54, 1.807) is 0 Å². The SMILES string of the molecule is O=C(O)CCCNC(=O)c1cc(C(F)(F)F)cc(C(F)(F)F)c1. The van der Waals surface area contributed by atoms with E-state index in [-0.39, 0.29) is 25.5 Å². The van der Waals surface area contributed by atoms with Crippen LogP contribution in [0.2, 0.25) is 0 Å². The lowest BCUT2D eigenvalue weighted by molar-refractivity contribution is -0.143. The molecule has 0 atom stereocenters. The van der Waals surface area contributed by atoms with Gasteiger partial charge in [-0.25, -0.2) is 0 Å². The van der Waals surface area contributed by atoms with Crippen LogP contribution >= 0.6 is 0 Å². The summed E-state index contributed by atoms with van der Waals surface area (Å²) in [6, 6.07) is 0.532. The molecule has 0 heterocycles. The first-order chi connectivity index (χ1) is 10.4. The van der Waals surface area contributed by atoms with Gasteiger partial charge in [-0.1, -0.05) is 0 Å². The lowest BCUT2D eigenvalue weighted by Gasteiger charge is -2.14. The monoisotopic (exact) mass is 343 g/mol. The van der Waals surface area contributed by atoms with Gasteiger partial charge in [-0.05, 0) is 24.6 Å². The van der Waals surface area contributed by atoms with Crippen LogP contribution in [-0.2, 0) is 17.1 Å². The van der Waals surface area contributed by atoms with Gasteiger partial charge in [0.1, 0.15) is 0 Å². The zero-order valence-corrected chi connectivity index (χ0v) is 11.4. The number of aliphatic carboxylic acids is 1. The van der Waals surface area contributed by atoms with E-state index in [1.165, 1.54) is 0 Å². The molecule has 0 saturated heterocycles. The minimum atomic E-state index is -5.04. The van der Waals surface area contributed by atoms with Gasteiger partial charge in [0.15, 0.2) is 0 Å². The van der Waals surface area contributed by atoms with Crippen LogP contribution in [0.4, 0.5) is 26.3 Å². The van der Waals surface area contributed by atoms with E-state index in [1.807, 2.05) is 0 Å². The number of hydrogen-bond donors (Lipinski definition) is 2. The third-order valence-electron chi connectivity index (χ3n) is 2.70. The predicted molar refractivity (Wildman–Crippen MR) is 65.6 cm³/mol. The quantitative estimate of drug-likeness (QED) is 0.637. The molecule has 0 aliphatic carbocycles.